The summed E-state index contributed by atoms with van der Waals surface area (Å²) in [5.74, 6) is 2.20. The largest absolute Gasteiger partial charge is 0.383 e. The molecule has 1 heterocycles. The minimum atomic E-state index is 0.322. The number of likely N-dealkylation sites (N-methyl/N-ethyl adjacent to an activating group) is 1. The van der Waals surface area contributed by atoms with Crippen molar-refractivity contribution < 1.29 is 0 Å². The van der Waals surface area contributed by atoms with Crippen LogP contribution in [0.1, 0.15) is 25.2 Å². The Morgan fingerprint density at radius 2 is 2.00 bits per heavy atom. The summed E-state index contributed by atoms with van der Waals surface area (Å²) in [4.78, 5) is 10.9. The fourth-order valence-corrected chi connectivity index (χ4v) is 1.71. The Balaban J connectivity index is 2.86. The fraction of sp³-hybridized carbons (Fsp3) is 0.667. The molecule has 17 heavy (non-hydrogen) atoms. The number of rotatable bonds is 5. The van der Waals surface area contributed by atoms with Crippen molar-refractivity contribution in [2.75, 3.05) is 31.7 Å². The molecular weight excluding hydrogens is 214 g/mol. The summed E-state index contributed by atoms with van der Waals surface area (Å²) in [6.07, 6.45) is 0.793. The van der Waals surface area contributed by atoms with Gasteiger partial charge >= 0.3 is 0 Å². The summed E-state index contributed by atoms with van der Waals surface area (Å²) in [7, 11) is 4.10. The average Bonchev–Trinajstić information content (AvgIpc) is 2.23. The summed E-state index contributed by atoms with van der Waals surface area (Å²) >= 11 is 0. The van der Waals surface area contributed by atoms with Gasteiger partial charge in [-0.25, -0.2) is 9.97 Å². The number of aryl methyl sites for hydroxylation is 1. The molecule has 1 aromatic rings. The van der Waals surface area contributed by atoms with Crippen molar-refractivity contribution in [1.29, 1.82) is 0 Å². The van der Waals surface area contributed by atoms with Gasteiger partial charge in [0.05, 0.1) is 0 Å². The van der Waals surface area contributed by atoms with Crippen LogP contribution < -0.4 is 11.1 Å². The topological polar surface area (TPSA) is 67.1 Å². The van der Waals surface area contributed by atoms with Gasteiger partial charge in [-0.2, -0.15) is 0 Å². The van der Waals surface area contributed by atoms with Crippen LogP contribution in [-0.4, -0.2) is 41.5 Å². The molecule has 1 atom stereocenters. The second-order valence-electron chi connectivity index (χ2n) is 4.66. The molecule has 3 N–H and O–H groups in total. The third kappa shape index (κ3) is 3.85. The maximum Gasteiger partial charge on any atom is 0.135 e. The zero-order valence-corrected chi connectivity index (χ0v) is 11.4. The quantitative estimate of drug-likeness (QED) is 0.808. The van der Waals surface area contributed by atoms with E-state index in [2.05, 4.69) is 41.2 Å². The predicted octanol–water partition coefficient (Wildman–Crippen LogP) is 1.29. The first kappa shape index (κ1) is 13.7. The molecule has 5 heteroatoms. The summed E-state index contributed by atoms with van der Waals surface area (Å²) in [5, 5.41) is 3.38. The van der Waals surface area contributed by atoms with Crippen molar-refractivity contribution in [3.63, 3.8) is 0 Å². The number of hydrogen-bond donors (Lipinski definition) is 2. The number of nitrogen functional groups attached to an aromatic ring is 1. The zero-order chi connectivity index (χ0) is 13.0. The van der Waals surface area contributed by atoms with E-state index in [1.807, 2.05) is 13.8 Å². The van der Waals surface area contributed by atoms with Gasteiger partial charge in [0.25, 0.3) is 0 Å². The summed E-state index contributed by atoms with van der Waals surface area (Å²) in [6, 6.07) is 0.322. The van der Waals surface area contributed by atoms with E-state index in [1.54, 1.807) is 0 Å². The lowest BCUT2D eigenvalue weighted by molar-refractivity contribution is 0.392. The van der Waals surface area contributed by atoms with Crippen molar-refractivity contribution in [3.8, 4) is 0 Å². The van der Waals surface area contributed by atoms with Gasteiger partial charge in [-0.15, -0.1) is 0 Å². The molecule has 0 aliphatic rings. The molecule has 5 nitrogen and oxygen atoms in total. The minimum absolute atomic E-state index is 0.322. The molecule has 1 unspecified atom stereocenters. The molecule has 1 rings (SSSR count). The highest BCUT2D eigenvalue weighted by Gasteiger charge is 2.10. The average molecular weight is 237 g/mol. The lowest BCUT2D eigenvalue weighted by Gasteiger charge is -2.20. The standard InChI is InChI=1S/C12H23N5/c1-6-10-15-11(13)9(3)12(16-10)14-8(2)7-17(4)5/h8H,6-7H2,1-5H3,(H3,13,14,15,16). The van der Waals surface area contributed by atoms with Gasteiger partial charge in [-0.05, 0) is 27.9 Å². The van der Waals surface area contributed by atoms with Crippen LogP contribution in [0, 0.1) is 6.92 Å². The maximum atomic E-state index is 5.87. The second kappa shape index (κ2) is 5.82. The highest BCUT2D eigenvalue weighted by Crippen LogP contribution is 2.18. The SMILES string of the molecule is CCc1nc(N)c(C)c(NC(C)CN(C)C)n1. The highest BCUT2D eigenvalue weighted by atomic mass is 15.1. The van der Waals surface area contributed by atoms with Crippen molar-refractivity contribution in [3.05, 3.63) is 11.4 Å². The normalized spacial score (nSPS) is 12.8. The van der Waals surface area contributed by atoms with Gasteiger partial charge < -0.3 is 16.0 Å². The number of aromatic nitrogens is 2. The monoisotopic (exact) mass is 237 g/mol. The molecule has 96 valence electrons. The Hall–Kier alpha value is -1.36. The molecule has 0 amide bonds. The molecule has 0 spiro atoms. The van der Waals surface area contributed by atoms with Gasteiger partial charge in [0.1, 0.15) is 17.5 Å². The van der Waals surface area contributed by atoms with Gasteiger partial charge in [-0.3, -0.25) is 0 Å². The van der Waals surface area contributed by atoms with Crippen LogP contribution in [0.3, 0.4) is 0 Å². The minimum Gasteiger partial charge on any atom is -0.383 e. The first-order chi connectivity index (χ1) is 7.93. The predicted molar refractivity (Wildman–Crippen MR) is 72.2 cm³/mol. The van der Waals surface area contributed by atoms with E-state index < -0.39 is 0 Å². The Bertz CT molecular complexity index is 375. The van der Waals surface area contributed by atoms with Crippen molar-refractivity contribution in [2.45, 2.75) is 33.2 Å². The third-order valence-corrected chi connectivity index (χ3v) is 2.57. The lowest BCUT2D eigenvalue weighted by atomic mass is 10.2. The van der Waals surface area contributed by atoms with Crippen LogP contribution in [-0.2, 0) is 6.42 Å². The first-order valence-electron chi connectivity index (χ1n) is 5.98. The second-order valence-corrected chi connectivity index (χ2v) is 4.66. The molecule has 0 saturated carbocycles. The number of anilines is 2. The smallest absolute Gasteiger partial charge is 0.135 e. The van der Waals surface area contributed by atoms with E-state index in [9.17, 15) is 0 Å². The fourth-order valence-electron chi connectivity index (χ4n) is 1.71. The van der Waals surface area contributed by atoms with Crippen LogP contribution >= 0.6 is 0 Å². The summed E-state index contributed by atoms with van der Waals surface area (Å²) < 4.78 is 0. The molecule has 0 saturated heterocycles. The van der Waals surface area contributed by atoms with E-state index in [0.717, 1.165) is 30.2 Å². The molecule has 0 radical (unpaired) electrons. The molecule has 0 aliphatic carbocycles. The molecule has 1 aromatic heterocycles. The van der Waals surface area contributed by atoms with E-state index in [0.29, 0.717) is 11.9 Å². The van der Waals surface area contributed by atoms with Crippen LogP contribution in [0.5, 0.6) is 0 Å². The maximum absolute atomic E-state index is 5.87. The van der Waals surface area contributed by atoms with E-state index in [-0.39, 0.29) is 0 Å². The van der Waals surface area contributed by atoms with Gasteiger partial charge in [0, 0.05) is 24.6 Å². The zero-order valence-electron chi connectivity index (χ0n) is 11.4. The number of nitrogens with two attached hydrogens (primary N) is 1. The van der Waals surface area contributed by atoms with Crippen molar-refractivity contribution >= 4 is 11.6 Å². The van der Waals surface area contributed by atoms with Crippen LogP contribution in [0.25, 0.3) is 0 Å². The molecule has 0 fully saturated rings. The molecule has 0 aromatic carbocycles. The third-order valence-electron chi connectivity index (χ3n) is 2.57. The number of hydrogen-bond acceptors (Lipinski definition) is 5. The molecule has 0 bridgehead atoms. The van der Waals surface area contributed by atoms with E-state index in [1.165, 1.54) is 0 Å². The Morgan fingerprint density at radius 3 is 2.53 bits per heavy atom. The van der Waals surface area contributed by atoms with Gasteiger partial charge in [-0.1, -0.05) is 6.92 Å². The van der Waals surface area contributed by atoms with Crippen LogP contribution in [0.2, 0.25) is 0 Å². The molecule has 0 aliphatic heterocycles. The Morgan fingerprint density at radius 1 is 1.35 bits per heavy atom. The lowest BCUT2D eigenvalue weighted by Crippen LogP contribution is -2.30. The number of nitrogens with zero attached hydrogens (tertiary/aromatic N) is 3. The summed E-state index contributed by atoms with van der Waals surface area (Å²) in [6.45, 7) is 7.05. The first-order valence-corrected chi connectivity index (χ1v) is 5.98. The van der Waals surface area contributed by atoms with Crippen molar-refractivity contribution in [2.24, 2.45) is 0 Å². The van der Waals surface area contributed by atoms with E-state index in [4.69, 9.17) is 5.73 Å². The van der Waals surface area contributed by atoms with Crippen LogP contribution in [0.15, 0.2) is 0 Å². The van der Waals surface area contributed by atoms with Gasteiger partial charge in [0.2, 0.25) is 0 Å². The van der Waals surface area contributed by atoms with Gasteiger partial charge in [0.15, 0.2) is 0 Å². The van der Waals surface area contributed by atoms with Crippen molar-refractivity contribution in [1.82, 2.24) is 14.9 Å². The highest BCUT2D eigenvalue weighted by molar-refractivity contribution is 5.55. The van der Waals surface area contributed by atoms with Crippen LogP contribution in [0.4, 0.5) is 11.6 Å². The Kier molecular flexibility index (Phi) is 4.69. The summed E-state index contributed by atoms with van der Waals surface area (Å²) in [5.41, 5.74) is 6.80. The Labute approximate surface area is 103 Å². The molecular formula is C12H23N5. The number of nitrogens with one attached hydrogen (secondary N) is 1. The van der Waals surface area contributed by atoms with E-state index >= 15 is 0 Å².